The van der Waals surface area contributed by atoms with E-state index in [0.29, 0.717) is 11.5 Å². The fraction of sp³-hybridized carbons (Fsp3) is 0.0588. The van der Waals surface area contributed by atoms with Crippen molar-refractivity contribution in [1.82, 2.24) is 15.0 Å². The molecule has 4 nitrogen and oxygen atoms in total. The molecular formula is C17H14N4. The molecule has 0 aliphatic rings. The van der Waals surface area contributed by atoms with Crippen LogP contribution in [0.4, 0.5) is 5.82 Å². The lowest BCUT2D eigenvalue weighted by atomic mass is 10.1. The number of benzene rings is 2. The highest BCUT2D eigenvalue weighted by Gasteiger charge is 2.05. The third-order valence-corrected chi connectivity index (χ3v) is 3.60. The molecule has 2 aromatic heterocycles. The number of nitrogens with two attached hydrogens (primary N) is 1. The van der Waals surface area contributed by atoms with E-state index in [1.807, 2.05) is 6.07 Å². The van der Waals surface area contributed by atoms with Gasteiger partial charge in [0.1, 0.15) is 11.6 Å². The minimum absolute atomic E-state index is 0.492. The number of aromatic nitrogens is 3. The van der Waals surface area contributed by atoms with Gasteiger partial charge in [0.15, 0.2) is 5.65 Å². The third kappa shape index (κ3) is 2.21. The van der Waals surface area contributed by atoms with Gasteiger partial charge in [-0.3, -0.25) is 0 Å². The number of fused-ring (bicyclic) bond motifs is 2. The summed E-state index contributed by atoms with van der Waals surface area (Å²) >= 11 is 0. The molecule has 2 heterocycles. The van der Waals surface area contributed by atoms with E-state index < -0.39 is 0 Å². The van der Waals surface area contributed by atoms with Crippen molar-refractivity contribution in [3.63, 3.8) is 0 Å². The third-order valence-electron chi connectivity index (χ3n) is 3.60. The van der Waals surface area contributed by atoms with Gasteiger partial charge in [0.25, 0.3) is 0 Å². The maximum absolute atomic E-state index is 5.68. The van der Waals surface area contributed by atoms with Gasteiger partial charge in [-0.15, -0.1) is 0 Å². The van der Waals surface area contributed by atoms with E-state index in [-0.39, 0.29) is 0 Å². The Kier molecular flexibility index (Phi) is 2.60. The maximum Gasteiger partial charge on any atom is 0.179 e. The molecule has 0 saturated carbocycles. The number of H-pyrrole nitrogens is 1. The number of anilines is 1. The van der Waals surface area contributed by atoms with Crippen LogP contribution in [0.3, 0.4) is 0 Å². The highest BCUT2D eigenvalue weighted by atomic mass is 15.0. The minimum atomic E-state index is 0.492. The molecule has 102 valence electrons. The first-order chi connectivity index (χ1) is 10.3. The first-order valence-corrected chi connectivity index (χ1v) is 6.87. The Morgan fingerprint density at radius 1 is 0.905 bits per heavy atom. The van der Waals surface area contributed by atoms with Gasteiger partial charge >= 0.3 is 0 Å². The van der Waals surface area contributed by atoms with Crippen molar-refractivity contribution in [3.8, 4) is 0 Å². The van der Waals surface area contributed by atoms with Crippen LogP contribution in [0.15, 0.2) is 54.6 Å². The van der Waals surface area contributed by atoms with Crippen LogP contribution in [0.2, 0.25) is 0 Å². The molecule has 4 heteroatoms. The van der Waals surface area contributed by atoms with Crippen LogP contribution in [0.5, 0.6) is 0 Å². The Bertz CT molecular complexity index is 940. The van der Waals surface area contributed by atoms with Crippen molar-refractivity contribution >= 4 is 27.8 Å². The monoisotopic (exact) mass is 274 g/mol. The fourth-order valence-corrected chi connectivity index (χ4v) is 2.58. The van der Waals surface area contributed by atoms with E-state index >= 15 is 0 Å². The summed E-state index contributed by atoms with van der Waals surface area (Å²) in [7, 11) is 0. The zero-order valence-electron chi connectivity index (χ0n) is 11.4. The number of nitrogens with zero attached hydrogens (tertiary/aromatic N) is 2. The Hall–Kier alpha value is -2.88. The summed E-state index contributed by atoms with van der Waals surface area (Å²) in [6.45, 7) is 0. The minimum Gasteiger partial charge on any atom is -0.384 e. The van der Waals surface area contributed by atoms with Crippen LogP contribution in [0.1, 0.15) is 11.4 Å². The molecule has 0 radical (unpaired) electrons. The molecule has 2 aromatic carbocycles. The van der Waals surface area contributed by atoms with Gasteiger partial charge in [0.05, 0.1) is 5.52 Å². The summed E-state index contributed by atoms with van der Waals surface area (Å²) < 4.78 is 0. The van der Waals surface area contributed by atoms with Crippen molar-refractivity contribution in [2.24, 2.45) is 0 Å². The number of rotatable bonds is 2. The lowest BCUT2D eigenvalue weighted by molar-refractivity contribution is 1.04. The average molecular weight is 274 g/mol. The van der Waals surface area contributed by atoms with Crippen LogP contribution in [0.25, 0.3) is 21.9 Å². The van der Waals surface area contributed by atoms with Crippen molar-refractivity contribution in [2.75, 3.05) is 5.73 Å². The molecule has 0 saturated heterocycles. The molecule has 0 amide bonds. The van der Waals surface area contributed by atoms with Gasteiger partial charge in [-0.1, -0.05) is 42.5 Å². The molecule has 0 unspecified atom stereocenters. The predicted molar refractivity (Wildman–Crippen MR) is 85.1 cm³/mol. The molecular weight excluding hydrogens is 260 g/mol. The molecule has 0 bridgehead atoms. The van der Waals surface area contributed by atoms with E-state index in [9.17, 15) is 0 Å². The molecule has 4 aromatic rings. The van der Waals surface area contributed by atoms with Crippen LogP contribution >= 0.6 is 0 Å². The molecule has 0 atom stereocenters. The Labute approximate surface area is 121 Å². The van der Waals surface area contributed by atoms with Crippen molar-refractivity contribution in [1.29, 1.82) is 0 Å². The fourth-order valence-electron chi connectivity index (χ4n) is 2.58. The van der Waals surface area contributed by atoms with Crippen molar-refractivity contribution < 1.29 is 0 Å². The van der Waals surface area contributed by atoms with Crippen LogP contribution < -0.4 is 5.73 Å². The molecule has 0 fully saturated rings. The van der Waals surface area contributed by atoms with E-state index in [4.69, 9.17) is 5.73 Å². The number of hydrogen-bond donors (Lipinski definition) is 2. The summed E-state index contributed by atoms with van der Waals surface area (Å²) in [6, 6.07) is 18.5. The average Bonchev–Trinajstić information content (AvgIpc) is 2.88. The lowest BCUT2D eigenvalue weighted by Gasteiger charge is -2.01. The predicted octanol–water partition coefficient (Wildman–Crippen LogP) is 3.28. The van der Waals surface area contributed by atoms with Crippen LogP contribution in [-0.2, 0) is 6.42 Å². The maximum atomic E-state index is 5.68. The topological polar surface area (TPSA) is 67.6 Å². The Morgan fingerprint density at radius 2 is 1.76 bits per heavy atom. The van der Waals surface area contributed by atoms with E-state index in [0.717, 1.165) is 17.8 Å². The first kappa shape index (κ1) is 11.9. The van der Waals surface area contributed by atoms with Gasteiger partial charge in [-0.05, 0) is 28.5 Å². The van der Waals surface area contributed by atoms with Crippen molar-refractivity contribution in [3.05, 3.63) is 66.0 Å². The summed E-state index contributed by atoms with van der Waals surface area (Å²) in [4.78, 5) is 12.0. The SMILES string of the molecule is Nc1ccc2[nH]c(Cc3ccc4ccccc4c3)nc2n1. The second-order valence-corrected chi connectivity index (χ2v) is 5.15. The van der Waals surface area contributed by atoms with Gasteiger partial charge in [0, 0.05) is 6.42 Å². The Morgan fingerprint density at radius 3 is 2.67 bits per heavy atom. The Balaban J connectivity index is 1.71. The molecule has 21 heavy (non-hydrogen) atoms. The largest absolute Gasteiger partial charge is 0.384 e. The molecule has 3 N–H and O–H groups in total. The second-order valence-electron chi connectivity index (χ2n) is 5.15. The quantitative estimate of drug-likeness (QED) is 0.589. The van der Waals surface area contributed by atoms with Gasteiger partial charge in [-0.2, -0.15) is 0 Å². The number of imidazole rings is 1. The van der Waals surface area contributed by atoms with Gasteiger partial charge in [-0.25, -0.2) is 9.97 Å². The number of nitrogen functional groups attached to an aromatic ring is 1. The number of pyridine rings is 1. The molecule has 4 rings (SSSR count). The van der Waals surface area contributed by atoms with Crippen LogP contribution in [-0.4, -0.2) is 15.0 Å². The smallest absolute Gasteiger partial charge is 0.179 e. The van der Waals surface area contributed by atoms with Crippen LogP contribution in [0, 0.1) is 0 Å². The lowest BCUT2D eigenvalue weighted by Crippen LogP contribution is -1.91. The summed E-state index contributed by atoms with van der Waals surface area (Å²) in [5.41, 5.74) is 8.49. The van der Waals surface area contributed by atoms with E-state index in [1.165, 1.54) is 16.3 Å². The van der Waals surface area contributed by atoms with Crippen molar-refractivity contribution in [2.45, 2.75) is 6.42 Å². The number of aromatic amines is 1. The van der Waals surface area contributed by atoms with E-state index in [2.05, 4.69) is 57.4 Å². The molecule has 0 aliphatic carbocycles. The molecule has 0 spiro atoms. The number of hydrogen-bond acceptors (Lipinski definition) is 3. The standard InChI is InChI=1S/C17H14N4/c18-15-8-7-14-17(20-15)21-16(19-14)10-11-5-6-12-3-1-2-4-13(12)9-11/h1-9H,10H2,(H3,18,19,20,21). The zero-order chi connectivity index (χ0) is 14.2. The number of nitrogens with one attached hydrogen (secondary N) is 1. The zero-order valence-corrected chi connectivity index (χ0v) is 11.4. The highest BCUT2D eigenvalue weighted by molar-refractivity contribution is 5.83. The summed E-state index contributed by atoms with van der Waals surface area (Å²) in [5.74, 6) is 1.39. The summed E-state index contributed by atoms with van der Waals surface area (Å²) in [6.07, 6.45) is 0.751. The highest BCUT2D eigenvalue weighted by Crippen LogP contribution is 2.18. The molecule has 0 aliphatic heterocycles. The normalized spacial score (nSPS) is 11.2. The summed E-state index contributed by atoms with van der Waals surface area (Å²) in [5, 5.41) is 2.49. The second kappa shape index (κ2) is 4.59. The first-order valence-electron chi connectivity index (χ1n) is 6.87. The van der Waals surface area contributed by atoms with Gasteiger partial charge in [0.2, 0.25) is 0 Å². The van der Waals surface area contributed by atoms with E-state index in [1.54, 1.807) is 6.07 Å². The van der Waals surface area contributed by atoms with Gasteiger partial charge < -0.3 is 10.7 Å².